The molecule has 5 heteroatoms. The topological polar surface area (TPSA) is 64.4 Å². The summed E-state index contributed by atoms with van der Waals surface area (Å²) in [5.74, 6) is 1.64. The molecule has 4 rings (SSSR count). The highest BCUT2D eigenvalue weighted by molar-refractivity contribution is 5.93. The van der Waals surface area contributed by atoms with Crippen LogP contribution in [0.4, 0.5) is 5.69 Å². The Labute approximate surface area is 164 Å². The number of benzene rings is 2. The van der Waals surface area contributed by atoms with Gasteiger partial charge in [0.05, 0.1) is 12.8 Å². The highest BCUT2D eigenvalue weighted by atomic mass is 16.5. The fourth-order valence-corrected chi connectivity index (χ4v) is 3.73. The third kappa shape index (κ3) is 3.40. The van der Waals surface area contributed by atoms with Gasteiger partial charge in [0, 0.05) is 23.1 Å². The first-order chi connectivity index (χ1) is 13.6. The number of ether oxygens (including phenoxy) is 1. The van der Waals surface area contributed by atoms with Crippen LogP contribution in [0.5, 0.6) is 5.75 Å². The van der Waals surface area contributed by atoms with E-state index in [2.05, 4.69) is 28.7 Å². The number of aromatic nitrogens is 1. The standard InChI is InChI=1S/C23H24N2O3/c1-14(2)12-21(26)24-19-13-16(9-11-20(19)27-3)23-18-10-8-15-6-4-5-7-17(15)22(18)25-28-23/h4-7,9,11,13-14H,8,10,12H2,1-3H3,(H,24,26). The molecule has 0 unspecified atom stereocenters. The molecule has 144 valence electrons. The van der Waals surface area contributed by atoms with E-state index < -0.39 is 0 Å². The minimum atomic E-state index is -0.0287. The molecule has 1 aromatic heterocycles. The van der Waals surface area contributed by atoms with Crippen molar-refractivity contribution in [2.45, 2.75) is 33.1 Å². The highest BCUT2D eigenvalue weighted by Gasteiger charge is 2.25. The number of methoxy groups -OCH3 is 1. The van der Waals surface area contributed by atoms with E-state index in [0.717, 1.165) is 41.0 Å². The number of nitrogens with one attached hydrogen (secondary N) is 1. The van der Waals surface area contributed by atoms with E-state index >= 15 is 0 Å². The number of carbonyl (C=O) groups is 1. The van der Waals surface area contributed by atoms with Crippen LogP contribution in [-0.4, -0.2) is 18.2 Å². The number of fused-ring (bicyclic) bond motifs is 3. The normalized spacial score (nSPS) is 12.4. The van der Waals surface area contributed by atoms with Crippen molar-refractivity contribution in [3.8, 4) is 28.3 Å². The fourth-order valence-electron chi connectivity index (χ4n) is 3.73. The lowest BCUT2D eigenvalue weighted by molar-refractivity contribution is -0.116. The summed E-state index contributed by atoms with van der Waals surface area (Å²) in [6, 6.07) is 14.0. The molecular formula is C23H24N2O3. The summed E-state index contributed by atoms with van der Waals surface area (Å²) in [5.41, 5.74) is 5.99. The second-order valence-electron chi connectivity index (χ2n) is 7.56. The van der Waals surface area contributed by atoms with E-state index in [4.69, 9.17) is 9.26 Å². The second-order valence-corrected chi connectivity index (χ2v) is 7.56. The largest absolute Gasteiger partial charge is 0.495 e. The number of nitrogens with zero attached hydrogens (tertiary/aromatic N) is 1. The van der Waals surface area contributed by atoms with E-state index in [1.807, 2.05) is 38.1 Å². The monoisotopic (exact) mass is 376 g/mol. The minimum Gasteiger partial charge on any atom is -0.495 e. The van der Waals surface area contributed by atoms with Crippen molar-refractivity contribution < 1.29 is 14.1 Å². The van der Waals surface area contributed by atoms with Crippen LogP contribution in [0.1, 0.15) is 31.4 Å². The number of aryl methyl sites for hydroxylation is 1. The van der Waals surface area contributed by atoms with Crippen molar-refractivity contribution in [3.63, 3.8) is 0 Å². The van der Waals surface area contributed by atoms with E-state index in [1.54, 1.807) is 7.11 Å². The molecule has 5 nitrogen and oxygen atoms in total. The van der Waals surface area contributed by atoms with Crippen LogP contribution in [0.3, 0.4) is 0 Å². The van der Waals surface area contributed by atoms with Gasteiger partial charge in [-0.1, -0.05) is 43.3 Å². The first-order valence-electron chi connectivity index (χ1n) is 9.62. The van der Waals surface area contributed by atoms with Gasteiger partial charge in [-0.25, -0.2) is 0 Å². The van der Waals surface area contributed by atoms with Crippen LogP contribution in [-0.2, 0) is 17.6 Å². The smallest absolute Gasteiger partial charge is 0.224 e. The molecule has 0 aliphatic heterocycles. The summed E-state index contributed by atoms with van der Waals surface area (Å²) in [6.45, 7) is 4.04. The molecule has 1 aliphatic rings. The number of rotatable bonds is 5. The molecule has 2 aromatic carbocycles. The van der Waals surface area contributed by atoms with Gasteiger partial charge in [-0.3, -0.25) is 4.79 Å². The van der Waals surface area contributed by atoms with Gasteiger partial charge in [0.15, 0.2) is 5.76 Å². The van der Waals surface area contributed by atoms with Crippen LogP contribution >= 0.6 is 0 Å². The molecule has 0 fully saturated rings. The Hall–Kier alpha value is -3.08. The zero-order valence-corrected chi connectivity index (χ0v) is 16.4. The van der Waals surface area contributed by atoms with Crippen LogP contribution in [0.2, 0.25) is 0 Å². The Morgan fingerprint density at radius 2 is 2.04 bits per heavy atom. The third-order valence-electron chi connectivity index (χ3n) is 5.03. The molecule has 0 saturated carbocycles. The first-order valence-corrected chi connectivity index (χ1v) is 9.62. The van der Waals surface area contributed by atoms with Crippen LogP contribution in [0, 0.1) is 5.92 Å². The number of anilines is 1. The van der Waals surface area contributed by atoms with Crippen LogP contribution in [0.25, 0.3) is 22.6 Å². The molecule has 0 bridgehead atoms. The Balaban J connectivity index is 1.71. The van der Waals surface area contributed by atoms with E-state index in [1.165, 1.54) is 5.56 Å². The average molecular weight is 376 g/mol. The Kier molecular flexibility index (Phi) is 4.90. The predicted octanol–water partition coefficient (Wildman–Crippen LogP) is 5.10. The SMILES string of the molecule is COc1ccc(-c2onc3c2CCc2ccccc2-3)cc1NC(=O)CC(C)C. The average Bonchev–Trinajstić information content (AvgIpc) is 3.12. The number of amides is 1. The molecule has 0 radical (unpaired) electrons. The van der Waals surface area contributed by atoms with Crippen molar-refractivity contribution >= 4 is 11.6 Å². The summed E-state index contributed by atoms with van der Waals surface area (Å²) in [7, 11) is 1.60. The maximum absolute atomic E-state index is 12.3. The molecule has 1 N–H and O–H groups in total. The summed E-state index contributed by atoms with van der Waals surface area (Å²) < 4.78 is 11.2. The summed E-state index contributed by atoms with van der Waals surface area (Å²) >= 11 is 0. The van der Waals surface area contributed by atoms with Gasteiger partial charge in [0.1, 0.15) is 11.4 Å². The van der Waals surface area contributed by atoms with Gasteiger partial charge < -0.3 is 14.6 Å². The molecule has 0 atom stereocenters. The maximum atomic E-state index is 12.3. The van der Waals surface area contributed by atoms with E-state index in [-0.39, 0.29) is 11.8 Å². The minimum absolute atomic E-state index is 0.0287. The quantitative estimate of drug-likeness (QED) is 0.673. The van der Waals surface area contributed by atoms with E-state index in [9.17, 15) is 4.79 Å². The molecule has 1 aliphatic carbocycles. The van der Waals surface area contributed by atoms with E-state index in [0.29, 0.717) is 17.9 Å². The third-order valence-corrected chi connectivity index (χ3v) is 5.03. The van der Waals surface area contributed by atoms with Crippen molar-refractivity contribution in [2.75, 3.05) is 12.4 Å². The lowest BCUT2D eigenvalue weighted by Crippen LogP contribution is -2.14. The van der Waals surface area contributed by atoms with Crippen molar-refractivity contribution in [1.29, 1.82) is 0 Å². The van der Waals surface area contributed by atoms with Gasteiger partial charge in [0.25, 0.3) is 0 Å². The second kappa shape index (κ2) is 7.50. The lowest BCUT2D eigenvalue weighted by Gasteiger charge is -2.15. The van der Waals surface area contributed by atoms with Gasteiger partial charge in [-0.15, -0.1) is 0 Å². The summed E-state index contributed by atoms with van der Waals surface area (Å²) in [5, 5.41) is 7.32. The maximum Gasteiger partial charge on any atom is 0.224 e. The molecule has 0 saturated heterocycles. The van der Waals surface area contributed by atoms with Gasteiger partial charge in [-0.05, 0) is 42.5 Å². The van der Waals surface area contributed by atoms with Gasteiger partial charge >= 0.3 is 0 Å². The molecule has 3 aromatic rings. The molecule has 1 amide bonds. The Morgan fingerprint density at radius 3 is 2.82 bits per heavy atom. The fraction of sp³-hybridized carbons (Fsp3) is 0.304. The molecule has 0 spiro atoms. The lowest BCUT2D eigenvalue weighted by atomic mass is 9.88. The Bertz CT molecular complexity index is 1020. The highest BCUT2D eigenvalue weighted by Crippen LogP contribution is 2.40. The first kappa shape index (κ1) is 18.3. The predicted molar refractivity (Wildman–Crippen MR) is 109 cm³/mol. The summed E-state index contributed by atoms with van der Waals surface area (Å²) in [4.78, 5) is 12.3. The zero-order chi connectivity index (χ0) is 19.7. The molecule has 28 heavy (non-hydrogen) atoms. The summed E-state index contributed by atoms with van der Waals surface area (Å²) in [6.07, 6.45) is 2.31. The van der Waals surface area contributed by atoms with Crippen molar-refractivity contribution in [1.82, 2.24) is 5.16 Å². The van der Waals surface area contributed by atoms with Crippen LogP contribution < -0.4 is 10.1 Å². The zero-order valence-electron chi connectivity index (χ0n) is 16.4. The van der Waals surface area contributed by atoms with Gasteiger partial charge in [-0.2, -0.15) is 0 Å². The molecule has 1 heterocycles. The van der Waals surface area contributed by atoms with Gasteiger partial charge in [0.2, 0.25) is 5.91 Å². The number of hydrogen-bond acceptors (Lipinski definition) is 4. The van der Waals surface area contributed by atoms with Crippen molar-refractivity contribution in [2.24, 2.45) is 5.92 Å². The van der Waals surface area contributed by atoms with Crippen molar-refractivity contribution in [3.05, 3.63) is 53.6 Å². The van der Waals surface area contributed by atoms with Crippen LogP contribution in [0.15, 0.2) is 47.0 Å². The number of carbonyl (C=O) groups excluding carboxylic acids is 1. The Morgan fingerprint density at radius 1 is 1.21 bits per heavy atom. The number of hydrogen-bond donors (Lipinski definition) is 1. The molecular weight excluding hydrogens is 352 g/mol.